The minimum atomic E-state index is -0.192. The van der Waals surface area contributed by atoms with Gasteiger partial charge in [0.15, 0.2) is 23.0 Å². The van der Waals surface area contributed by atoms with Crippen molar-refractivity contribution in [3.63, 3.8) is 0 Å². The first kappa shape index (κ1) is 32.9. The normalized spacial score (nSPS) is 13.7. The summed E-state index contributed by atoms with van der Waals surface area (Å²) in [6, 6.07) is 9.63. The van der Waals surface area contributed by atoms with Crippen LogP contribution in [0.3, 0.4) is 0 Å². The van der Waals surface area contributed by atoms with Crippen LogP contribution in [0.2, 0.25) is 0 Å². The minimum absolute atomic E-state index is 0.192. The molecule has 9 heteroatoms. The van der Waals surface area contributed by atoms with E-state index in [1.165, 1.54) is 44.6 Å². The Morgan fingerprint density at radius 3 is 1.95 bits per heavy atom. The first-order valence-electron chi connectivity index (χ1n) is 15.1. The summed E-state index contributed by atoms with van der Waals surface area (Å²) in [6.07, 6.45) is 13.2. The second-order valence-corrected chi connectivity index (χ2v) is 10.4. The molecule has 0 saturated carbocycles. The molecule has 232 valence electrons. The van der Waals surface area contributed by atoms with Gasteiger partial charge >= 0.3 is 0 Å². The molecule has 0 radical (unpaired) electrons. The van der Waals surface area contributed by atoms with Gasteiger partial charge in [-0.2, -0.15) is 0 Å². The summed E-state index contributed by atoms with van der Waals surface area (Å²) in [6.45, 7) is 5.79. The number of nitrogens with zero attached hydrogens (tertiary/aromatic N) is 2. The number of benzene rings is 2. The van der Waals surface area contributed by atoms with E-state index in [0.717, 1.165) is 37.2 Å². The molecule has 1 aliphatic rings. The third-order valence-corrected chi connectivity index (χ3v) is 7.43. The van der Waals surface area contributed by atoms with Crippen LogP contribution in [0, 0.1) is 0 Å². The lowest BCUT2D eigenvalue weighted by molar-refractivity contribution is -0.121. The molecular weight excluding hydrogens is 534 g/mol. The van der Waals surface area contributed by atoms with Gasteiger partial charge in [-0.05, 0) is 42.3 Å². The molecule has 1 amide bonds. The predicted octanol–water partition coefficient (Wildman–Crippen LogP) is 6.11. The van der Waals surface area contributed by atoms with Crippen LogP contribution in [0.1, 0.15) is 63.9 Å². The van der Waals surface area contributed by atoms with Crippen LogP contribution >= 0.6 is 0 Å². The Morgan fingerprint density at radius 2 is 1.36 bits per heavy atom. The van der Waals surface area contributed by atoms with Gasteiger partial charge in [0.1, 0.15) is 0 Å². The third-order valence-electron chi connectivity index (χ3n) is 7.43. The first-order valence-corrected chi connectivity index (χ1v) is 15.1. The number of ether oxygens (including phenoxy) is 5. The molecule has 3 rings (SSSR count). The maximum absolute atomic E-state index is 12.7. The Bertz CT molecular complexity index is 1110. The summed E-state index contributed by atoms with van der Waals surface area (Å²) in [5.74, 6) is 2.97. The molecule has 1 N–H and O–H groups in total. The van der Waals surface area contributed by atoms with Gasteiger partial charge in [0.05, 0.1) is 35.0 Å². The van der Waals surface area contributed by atoms with Crippen molar-refractivity contribution in [3.05, 3.63) is 42.0 Å². The molecule has 42 heavy (non-hydrogen) atoms. The number of carbonyl (C=O) groups excluding carboxylic acids is 1. The van der Waals surface area contributed by atoms with E-state index in [1.54, 1.807) is 34.5 Å². The average molecular weight is 584 g/mol. The number of hydrogen-bond donors (Lipinski definition) is 1. The van der Waals surface area contributed by atoms with Crippen LogP contribution in [-0.2, 0) is 4.79 Å². The second-order valence-electron chi connectivity index (χ2n) is 10.4. The van der Waals surface area contributed by atoms with Crippen molar-refractivity contribution >= 4 is 17.7 Å². The van der Waals surface area contributed by atoms with E-state index in [1.807, 2.05) is 35.3 Å². The van der Waals surface area contributed by atoms with Crippen LogP contribution < -0.4 is 34.0 Å². The zero-order valence-electron chi connectivity index (χ0n) is 26.1. The molecule has 2 aromatic carbocycles. The summed E-state index contributed by atoms with van der Waals surface area (Å²) in [5, 5.41) is 1.94. The van der Waals surface area contributed by atoms with E-state index in [2.05, 4.69) is 17.2 Å². The summed E-state index contributed by atoms with van der Waals surface area (Å²) >= 11 is 0. The Kier molecular flexibility index (Phi) is 14.2. The van der Waals surface area contributed by atoms with Crippen molar-refractivity contribution in [1.29, 1.82) is 0 Å². The highest BCUT2D eigenvalue weighted by Gasteiger charge is 2.19. The fourth-order valence-electron chi connectivity index (χ4n) is 5.01. The predicted molar refractivity (Wildman–Crippen MR) is 168 cm³/mol. The van der Waals surface area contributed by atoms with E-state index < -0.39 is 0 Å². The highest BCUT2D eigenvalue weighted by Crippen LogP contribution is 2.39. The molecule has 1 heterocycles. The quantitative estimate of drug-likeness (QED) is 0.166. The van der Waals surface area contributed by atoms with Gasteiger partial charge in [-0.15, -0.1) is 0 Å². The number of anilines is 1. The highest BCUT2D eigenvalue weighted by atomic mass is 16.5. The molecule has 1 saturated heterocycles. The number of nitrogens with one attached hydrogen (secondary N) is 1. The zero-order chi connectivity index (χ0) is 30.2. The van der Waals surface area contributed by atoms with Crippen LogP contribution in [0.25, 0.3) is 6.08 Å². The smallest absolute Gasteiger partial charge is 0.258 e. The molecule has 9 nitrogen and oxygen atoms in total. The fraction of sp³-hybridized carbons (Fsp3) is 0.545. The first-order chi connectivity index (χ1) is 20.5. The van der Waals surface area contributed by atoms with Gasteiger partial charge in [0.2, 0.25) is 5.75 Å². The lowest BCUT2D eigenvalue weighted by Crippen LogP contribution is -2.53. The topological polar surface area (TPSA) is 81.7 Å². The van der Waals surface area contributed by atoms with E-state index in [0.29, 0.717) is 48.4 Å². The van der Waals surface area contributed by atoms with Crippen molar-refractivity contribution in [1.82, 2.24) is 10.4 Å². The molecule has 0 unspecified atom stereocenters. The van der Waals surface area contributed by atoms with E-state index in [9.17, 15) is 4.79 Å². The molecule has 1 aliphatic heterocycles. The zero-order valence-corrected chi connectivity index (χ0v) is 26.1. The molecular formula is C33H49N3O6. The number of piperazine rings is 1. The van der Waals surface area contributed by atoms with Crippen molar-refractivity contribution in [2.45, 2.75) is 58.3 Å². The average Bonchev–Trinajstić information content (AvgIpc) is 3.02. The number of hydrazine groups is 1. The van der Waals surface area contributed by atoms with E-state index >= 15 is 0 Å². The van der Waals surface area contributed by atoms with Gasteiger partial charge in [-0.25, -0.2) is 5.01 Å². The standard InChI is InChI=1S/C33H49N3O6/c1-6-7-8-9-10-11-12-13-22-42-33-30(40-4)23-26(24-31(33)41-5)14-17-32(37)34-36-20-18-35(19-21-36)27-15-16-28(38-2)29(25-27)39-3/h14-17,23-25H,6-13,18-22H2,1-5H3,(H,34,37)/b17-14+. The summed E-state index contributed by atoms with van der Waals surface area (Å²) in [7, 11) is 6.48. The lowest BCUT2D eigenvalue weighted by atomic mass is 10.1. The van der Waals surface area contributed by atoms with Gasteiger partial charge in [0.25, 0.3) is 5.91 Å². The van der Waals surface area contributed by atoms with Crippen molar-refractivity contribution in [2.24, 2.45) is 0 Å². The van der Waals surface area contributed by atoms with Crippen LogP contribution in [0.15, 0.2) is 36.4 Å². The van der Waals surface area contributed by atoms with Gasteiger partial charge in [0, 0.05) is 44.0 Å². The molecule has 0 aromatic heterocycles. The molecule has 2 aromatic rings. The Balaban J connectivity index is 1.47. The SMILES string of the molecule is CCCCCCCCCCOc1c(OC)cc(/C=C/C(=O)NN2CCN(c3ccc(OC)c(OC)c3)CC2)cc1OC. The van der Waals surface area contributed by atoms with Gasteiger partial charge < -0.3 is 28.6 Å². The van der Waals surface area contributed by atoms with E-state index in [4.69, 9.17) is 23.7 Å². The number of rotatable bonds is 18. The van der Waals surface area contributed by atoms with E-state index in [-0.39, 0.29) is 5.91 Å². The van der Waals surface area contributed by atoms with Crippen LogP contribution in [0.5, 0.6) is 28.7 Å². The fourth-order valence-corrected chi connectivity index (χ4v) is 5.01. The molecule has 0 spiro atoms. The van der Waals surface area contributed by atoms with Crippen LogP contribution in [-0.4, -0.2) is 72.1 Å². The number of methoxy groups -OCH3 is 4. The highest BCUT2D eigenvalue weighted by molar-refractivity contribution is 5.91. The Hall–Kier alpha value is -3.59. The minimum Gasteiger partial charge on any atom is -0.493 e. The molecule has 1 fully saturated rings. The Morgan fingerprint density at radius 1 is 0.762 bits per heavy atom. The number of carbonyl (C=O) groups is 1. The Labute approximate surface area is 251 Å². The second kappa shape index (κ2) is 18.1. The summed E-state index contributed by atoms with van der Waals surface area (Å²) in [4.78, 5) is 15.0. The van der Waals surface area contributed by atoms with Gasteiger partial charge in [-0.3, -0.25) is 10.2 Å². The number of unbranched alkanes of at least 4 members (excludes halogenated alkanes) is 7. The van der Waals surface area contributed by atoms with Gasteiger partial charge in [-0.1, -0.05) is 51.9 Å². The molecule has 0 aliphatic carbocycles. The number of hydrogen-bond acceptors (Lipinski definition) is 8. The monoisotopic (exact) mass is 583 g/mol. The molecule has 0 bridgehead atoms. The maximum Gasteiger partial charge on any atom is 0.258 e. The number of amides is 1. The van der Waals surface area contributed by atoms with Crippen molar-refractivity contribution < 1.29 is 28.5 Å². The largest absolute Gasteiger partial charge is 0.493 e. The summed E-state index contributed by atoms with van der Waals surface area (Å²) < 4.78 is 28.0. The van der Waals surface area contributed by atoms with Crippen molar-refractivity contribution in [3.8, 4) is 28.7 Å². The lowest BCUT2D eigenvalue weighted by Gasteiger charge is -2.36. The van der Waals surface area contributed by atoms with Crippen LogP contribution in [0.4, 0.5) is 5.69 Å². The molecule has 0 atom stereocenters. The maximum atomic E-state index is 12.7. The van der Waals surface area contributed by atoms with Crippen molar-refractivity contribution in [2.75, 3.05) is 66.1 Å². The summed E-state index contributed by atoms with van der Waals surface area (Å²) in [5.41, 5.74) is 4.83. The third kappa shape index (κ3) is 10.0.